The van der Waals surface area contributed by atoms with Gasteiger partial charge in [0.15, 0.2) is 0 Å². The molecule has 0 spiro atoms. The number of pyridine rings is 1. The van der Waals surface area contributed by atoms with E-state index in [0.717, 1.165) is 17.0 Å². The van der Waals surface area contributed by atoms with Crippen molar-refractivity contribution in [1.29, 1.82) is 0 Å². The van der Waals surface area contributed by atoms with E-state index >= 15 is 0 Å². The van der Waals surface area contributed by atoms with Crippen LogP contribution < -0.4 is 10.5 Å². The van der Waals surface area contributed by atoms with Crippen LogP contribution in [0, 0.1) is 0 Å². The highest BCUT2D eigenvalue weighted by Gasteiger charge is 2.00. The summed E-state index contributed by atoms with van der Waals surface area (Å²) in [5, 5.41) is 0. The zero-order chi connectivity index (χ0) is 10.7. The number of ether oxygens (including phenoxy) is 1. The first-order valence-electron chi connectivity index (χ1n) is 4.66. The predicted molar refractivity (Wildman–Crippen MR) is 60.6 cm³/mol. The molecule has 3 heteroatoms. The van der Waals surface area contributed by atoms with Crippen LogP contribution in [0.3, 0.4) is 0 Å². The number of methoxy groups -OCH3 is 1. The third-order valence-electron chi connectivity index (χ3n) is 2.14. The van der Waals surface area contributed by atoms with E-state index in [4.69, 9.17) is 10.5 Å². The Kier molecular flexibility index (Phi) is 2.54. The molecule has 15 heavy (non-hydrogen) atoms. The topological polar surface area (TPSA) is 48.1 Å². The molecule has 2 rings (SSSR count). The van der Waals surface area contributed by atoms with Gasteiger partial charge in [-0.1, -0.05) is 18.2 Å². The lowest BCUT2D eigenvalue weighted by atomic mass is 10.1. The molecule has 2 N–H and O–H groups in total. The summed E-state index contributed by atoms with van der Waals surface area (Å²) in [7, 11) is 1.64. The van der Waals surface area contributed by atoms with Crippen molar-refractivity contribution in [1.82, 2.24) is 4.98 Å². The second-order valence-electron chi connectivity index (χ2n) is 3.18. The zero-order valence-electron chi connectivity index (χ0n) is 8.47. The second kappa shape index (κ2) is 4.00. The zero-order valence-corrected chi connectivity index (χ0v) is 8.47. The van der Waals surface area contributed by atoms with Gasteiger partial charge in [0, 0.05) is 5.56 Å². The summed E-state index contributed by atoms with van der Waals surface area (Å²) in [6.45, 7) is 0. The molecule has 0 radical (unpaired) electrons. The number of hydrogen-bond acceptors (Lipinski definition) is 3. The summed E-state index contributed by atoms with van der Waals surface area (Å²) in [6, 6.07) is 13.3. The lowest BCUT2D eigenvalue weighted by molar-refractivity contribution is 0.415. The number of nitrogens with zero attached hydrogens (tertiary/aromatic N) is 1. The minimum Gasteiger partial charge on any atom is -0.497 e. The highest BCUT2D eigenvalue weighted by Crippen LogP contribution is 2.22. The molecule has 1 aromatic heterocycles. The van der Waals surface area contributed by atoms with Crippen LogP contribution in [-0.4, -0.2) is 12.1 Å². The largest absolute Gasteiger partial charge is 0.497 e. The van der Waals surface area contributed by atoms with Gasteiger partial charge in [-0.15, -0.1) is 0 Å². The number of hydrogen-bond donors (Lipinski definition) is 1. The van der Waals surface area contributed by atoms with Gasteiger partial charge in [0.05, 0.1) is 12.8 Å². The van der Waals surface area contributed by atoms with Crippen LogP contribution in [0.4, 0.5) is 5.82 Å². The van der Waals surface area contributed by atoms with Crippen LogP contribution in [0.15, 0.2) is 42.5 Å². The van der Waals surface area contributed by atoms with Crippen molar-refractivity contribution >= 4 is 5.82 Å². The lowest BCUT2D eigenvalue weighted by Crippen LogP contribution is -1.91. The first-order chi connectivity index (χ1) is 7.29. The minimum atomic E-state index is 0.523. The van der Waals surface area contributed by atoms with E-state index in [-0.39, 0.29) is 0 Å². The summed E-state index contributed by atoms with van der Waals surface area (Å²) in [4.78, 5) is 4.24. The van der Waals surface area contributed by atoms with Crippen LogP contribution in [0.25, 0.3) is 11.3 Å². The molecule has 2 aromatic rings. The van der Waals surface area contributed by atoms with Crippen molar-refractivity contribution < 1.29 is 4.74 Å². The van der Waals surface area contributed by atoms with Crippen molar-refractivity contribution in [2.45, 2.75) is 0 Å². The summed E-state index contributed by atoms with van der Waals surface area (Å²) >= 11 is 0. The molecular weight excluding hydrogens is 188 g/mol. The fourth-order valence-electron chi connectivity index (χ4n) is 1.39. The Balaban J connectivity index is 2.44. The minimum absolute atomic E-state index is 0.523. The van der Waals surface area contributed by atoms with E-state index in [9.17, 15) is 0 Å². The Bertz CT molecular complexity index is 469. The first kappa shape index (κ1) is 9.52. The Morgan fingerprint density at radius 1 is 1.13 bits per heavy atom. The number of nitrogens with two attached hydrogens (primary N) is 1. The molecule has 0 aliphatic rings. The maximum Gasteiger partial charge on any atom is 0.124 e. The maximum absolute atomic E-state index is 5.62. The van der Waals surface area contributed by atoms with E-state index in [2.05, 4.69) is 4.98 Å². The van der Waals surface area contributed by atoms with Crippen LogP contribution in [-0.2, 0) is 0 Å². The summed E-state index contributed by atoms with van der Waals surface area (Å²) in [5.74, 6) is 1.34. The average molecular weight is 200 g/mol. The molecule has 0 unspecified atom stereocenters. The normalized spacial score (nSPS) is 9.93. The number of anilines is 1. The van der Waals surface area contributed by atoms with Crippen LogP contribution in [0.2, 0.25) is 0 Å². The molecule has 1 aromatic carbocycles. The SMILES string of the molecule is COc1cccc(-c2cccc(N)n2)c1. The molecule has 0 aliphatic heterocycles. The lowest BCUT2D eigenvalue weighted by Gasteiger charge is -2.04. The highest BCUT2D eigenvalue weighted by atomic mass is 16.5. The summed E-state index contributed by atoms with van der Waals surface area (Å²) < 4.78 is 5.15. The number of benzene rings is 1. The third kappa shape index (κ3) is 2.07. The van der Waals surface area contributed by atoms with Crippen LogP contribution in [0.5, 0.6) is 5.75 Å². The van der Waals surface area contributed by atoms with Gasteiger partial charge in [0.25, 0.3) is 0 Å². The standard InChI is InChI=1S/C12H12N2O/c1-15-10-5-2-4-9(8-10)11-6-3-7-12(13)14-11/h2-8H,1H3,(H2,13,14). The van der Waals surface area contributed by atoms with E-state index in [0.29, 0.717) is 5.82 Å². The molecule has 0 aliphatic carbocycles. The van der Waals surface area contributed by atoms with Gasteiger partial charge in [-0.25, -0.2) is 4.98 Å². The maximum atomic E-state index is 5.62. The fourth-order valence-corrected chi connectivity index (χ4v) is 1.39. The first-order valence-corrected chi connectivity index (χ1v) is 4.66. The van der Waals surface area contributed by atoms with Gasteiger partial charge >= 0.3 is 0 Å². The molecule has 0 fully saturated rings. The van der Waals surface area contributed by atoms with E-state index in [1.165, 1.54) is 0 Å². The summed E-state index contributed by atoms with van der Waals surface area (Å²) in [5.41, 5.74) is 7.48. The van der Waals surface area contributed by atoms with Crippen molar-refractivity contribution in [3.8, 4) is 17.0 Å². The van der Waals surface area contributed by atoms with Crippen molar-refractivity contribution in [3.63, 3.8) is 0 Å². The average Bonchev–Trinajstić information content (AvgIpc) is 2.29. The fraction of sp³-hybridized carbons (Fsp3) is 0.0833. The molecular formula is C12H12N2O. The van der Waals surface area contributed by atoms with Crippen molar-refractivity contribution in [3.05, 3.63) is 42.5 Å². The van der Waals surface area contributed by atoms with E-state index in [1.807, 2.05) is 36.4 Å². The van der Waals surface area contributed by atoms with Gasteiger partial charge in [0.2, 0.25) is 0 Å². The smallest absolute Gasteiger partial charge is 0.124 e. The number of aromatic nitrogens is 1. The quantitative estimate of drug-likeness (QED) is 0.809. The van der Waals surface area contributed by atoms with Crippen molar-refractivity contribution in [2.75, 3.05) is 12.8 Å². The highest BCUT2D eigenvalue weighted by molar-refractivity contribution is 5.62. The second-order valence-corrected chi connectivity index (χ2v) is 3.18. The van der Waals surface area contributed by atoms with Crippen LogP contribution in [0.1, 0.15) is 0 Å². The predicted octanol–water partition coefficient (Wildman–Crippen LogP) is 2.34. The number of rotatable bonds is 2. The molecule has 0 atom stereocenters. The molecule has 3 nitrogen and oxygen atoms in total. The molecule has 1 heterocycles. The summed E-state index contributed by atoms with van der Waals surface area (Å²) in [6.07, 6.45) is 0. The van der Waals surface area contributed by atoms with Gasteiger partial charge in [-0.3, -0.25) is 0 Å². The van der Waals surface area contributed by atoms with Gasteiger partial charge in [0.1, 0.15) is 11.6 Å². The van der Waals surface area contributed by atoms with Crippen LogP contribution >= 0.6 is 0 Å². The Labute approximate surface area is 88.5 Å². The molecule has 0 amide bonds. The Morgan fingerprint density at radius 2 is 1.93 bits per heavy atom. The molecule has 0 bridgehead atoms. The third-order valence-corrected chi connectivity index (χ3v) is 2.14. The van der Waals surface area contributed by atoms with E-state index in [1.54, 1.807) is 13.2 Å². The van der Waals surface area contributed by atoms with Gasteiger partial charge in [-0.05, 0) is 24.3 Å². The monoisotopic (exact) mass is 200 g/mol. The van der Waals surface area contributed by atoms with Gasteiger partial charge < -0.3 is 10.5 Å². The van der Waals surface area contributed by atoms with Gasteiger partial charge in [-0.2, -0.15) is 0 Å². The number of nitrogen functional groups attached to an aromatic ring is 1. The van der Waals surface area contributed by atoms with E-state index < -0.39 is 0 Å². The van der Waals surface area contributed by atoms with Crippen molar-refractivity contribution in [2.24, 2.45) is 0 Å². The molecule has 0 saturated carbocycles. The Morgan fingerprint density at radius 3 is 2.67 bits per heavy atom. The molecule has 0 saturated heterocycles. The molecule has 76 valence electrons. The Hall–Kier alpha value is -2.03.